The van der Waals surface area contributed by atoms with Crippen molar-refractivity contribution in [2.75, 3.05) is 5.88 Å². The summed E-state index contributed by atoms with van der Waals surface area (Å²) in [5.74, 6) is 1.61. The highest BCUT2D eigenvalue weighted by Crippen LogP contribution is 2.22. The lowest BCUT2D eigenvalue weighted by atomic mass is 10.2. The van der Waals surface area contributed by atoms with Crippen molar-refractivity contribution in [3.8, 4) is 0 Å². The minimum absolute atomic E-state index is 0.577. The Morgan fingerprint density at radius 3 is 2.80 bits per heavy atom. The van der Waals surface area contributed by atoms with E-state index in [1.165, 1.54) is 11.1 Å². The first kappa shape index (κ1) is 13.2. The molecule has 4 nitrogen and oxygen atoms in total. The van der Waals surface area contributed by atoms with Gasteiger partial charge < -0.3 is 4.57 Å². The predicted molar refractivity (Wildman–Crippen MR) is 81.2 cm³/mol. The number of nitrogens with zero attached hydrogens (tertiary/aromatic N) is 4. The minimum atomic E-state index is 0.577. The zero-order valence-corrected chi connectivity index (χ0v) is 12.4. The lowest BCUT2D eigenvalue weighted by molar-refractivity contribution is 0.657. The van der Waals surface area contributed by atoms with Crippen LogP contribution >= 0.6 is 11.6 Å². The van der Waals surface area contributed by atoms with Crippen LogP contribution in [0.15, 0.2) is 30.5 Å². The molecule has 0 bridgehead atoms. The topological polar surface area (TPSA) is 35.6 Å². The van der Waals surface area contributed by atoms with Gasteiger partial charge in [-0.05, 0) is 24.6 Å². The van der Waals surface area contributed by atoms with Gasteiger partial charge in [-0.25, -0.2) is 4.98 Å². The Balaban J connectivity index is 2.15. The number of halogens is 1. The molecular formula is C15H17ClN4. The fraction of sp³-hybridized carbons (Fsp3) is 0.333. The molecule has 0 saturated heterocycles. The molecule has 2 aromatic heterocycles. The number of para-hydroxylation sites is 1. The summed E-state index contributed by atoms with van der Waals surface area (Å²) in [7, 11) is 1.96. The number of aryl methyl sites for hydroxylation is 3. The van der Waals surface area contributed by atoms with Gasteiger partial charge in [-0.1, -0.05) is 12.1 Å². The second-order valence-electron chi connectivity index (χ2n) is 4.94. The fourth-order valence-corrected chi connectivity index (χ4v) is 2.75. The summed E-state index contributed by atoms with van der Waals surface area (Å²) in [6.45, 7) is 2.89. The van der Waals surface area contributed by atoms with Gasteiger partial charge in [0, 0.05) is 25.5 Å². The molecular weight excluding hydrogens is 272 g/mol. The van der Waals surface area contributed by atoms with Gasteiger partial charge in [-0.15, -0.1) is 11.6 Å². The molecule has 0 unspecified atom stereocenters. The largest absolute Gasteiger partial charge is 0.322 e. The lowest BCUT2D eigenvalue weighted by Crippen LogP contribution is -2.10. The maximum atomic E-state index is 5.92. The molecule has 0 spiro atoms. The first-order valence-corrected chi connectivity index (χ1v) is 7.21. The van der Waals surface area contributed by atoms with E-state index < -0.39 is 0 Å². The highest BCUT2D eigenvalue weighted by molar-refractivity contribution is 6.17. The van der Waals surface area contributed by atoms with Gasteiger partial charge in [0.25, 0.3) is 0 Å². The van der Waals surface area contributed by atoms with Crippen molar-refractivity contribution in [1.29, 1.82) is 0 Å². The molecule has 0 radical (unpaired) electrons. The average Bonchev–Trinajstić information content (AvgIpc) is 2.97. The predicted octanol–water partition coefficient (Wildman–Crippen LogP) is 2.91. The molecule has 0 aliphatic rings. The van der Waals surface area contributed by atoms with E-state index in [0.29, 0.717) is 5.88 Å². The highest BCUT2D eigenvalue weighted by atomic mass is 35.5. The van der Waals surface area contributed by atoms with Crippen LogP contribution in [0.1, 0.15) is 17.1 Å². The molecule has 0 saturated carbocycles. The van der Waals surface area contributed by atoms with Gasteiger partial charge in [-0.3, -0.25) is 4.68 Å². The molecule has 3 rings (SSSR count). The van der Waals surface area contributed by atoms with E-state index in [9.17, 15) is 0 Å². The maximum Gasteiger partial charge on any atom is 0.111 e. The number of benzene rings is 1. The summed E-state index contributed by atoms with van der Waals surface area (Å²) < 4.78 is 4.15. The monoisotopic (exact) mass is 288 g/mol. The van der Waals surface area contributed by atoms with Gasteiger partial charge in [0.1, 0.15) is 5.82 Å². The van der Waals surface area contributed by atoms with Crippen LogP contribution in [-0.2, 0) is 20.0 Å². The maximum absolute atomic E-state index is 5.92. The summed E-state index contributed by atoms with van der Waals surface area (Å²) in [6.07, 6.45) is 2.59. The van der Waals surface area contributed by atoms with Gasteiger partial charge in [0.05, 0.1) is 23.3 Å². The van der Waals surface area contributed by atoms with Gasteiger partial charge in [-0.2, -0.15) is 5.10 Å². The van der Waals surface area contributed by atoms with Crippen molar-refractivity contribution in [3.05, 3.63) is 47.5 Å². The molecule has 0 aliphatic heterocycles. The van der Waals surface area contributed by atoms with Gasteiger partial charge in [0.15, 0.2) is 0 Å². The smallest absolute Gasteiger partial charge is 0.111 e. The van der Waals surface area contributed by atoms with Crippen molar-refractivity contribution in [2.24, 2.45) is 7.05 Å². The van der Waals surface area contributed by atoms with E-state index in [-0.39, 0.29) is 0 Å². The molecule has 0 atom stereocenters. The number of imidazole rings is 1. The SMILES string of the molecule is Cc1cccc2nc(CCCl)n(Cc3ccnn3C)c12. The summed E-state index contributed by atoms with van der Waals surface area (Å²) in [5, 5.41) is 4.23. The van der Waals surface area contributed by atoms with Crippen molar-refractivity contribution in [1.82, 2.24) is 19.3 Å². The second kappa shape index (κ2) is 5.29. The molecule has 0 amide bonds. The number of rotatable bonds is 4. The van der Waals surface area contributed by atoms with Crippen LogP contribution in [0.3, 0.4) is 0 Å². The van der Waals surface area contributed by atoms with Crippen molar-refractivity contribution in [2.45, 2.75) is 19.9 Å². The third-order valence-electron chi connectivity index (χ3n) is 3.61. The Hall–Kier alpha value is -1.81. The van der Waals surface area contributed by atoms with E-state index >= 15 is 0 Å². The van der Waals surface area contributed by atoms with Crippen LogP contribution in [-0.4, -0.2) is 25.2 Å². The second-order valence-corrected chi connectivity index (χ2v) is 5.32. The zero-order chi connectivity index (χ0) is 14.1. The highest BCUT2D eigenvalue weighted by Gasteiger charge is 2.13. The molecule has 1 aromatic carbocycles. The molecule has 104 valence electrons. The first-order valence-electron chi connectivity index (χ1n) is 6.68. The molecule has 2 heterocycles. The molecule has 0 fully saturated rings. The van der Waals surface area contributed by atoms with Gasteiger partial charge in [0.2, 0.25) is 0 Å². The number of aromatic nitrogens is 4. The third kappa shape index (κ3) is 2.20. The standard InChI is InChI=1S/C15H17ClN4/c1-11-4-3-5-13-15(11)20(14(18-13)6-8-16)10-12-7-9-17-19(12)2/h3-5,7,9H,6,8,10H2,1-2H3. The van der Waals surface area contributed by atoms with Crippen LogP contribution < -0.4 is 0 Å². The van der Waals surface area contributed by atoms with Gasteiger partial charge >= 0.3 is 0 Å². The molecule has 3 aromatic rings. The van der Waals surface area contributed by atoms with Crippen LogP contribution in [0.2, 0.25) is 0 Å². The number of alkyl halides is 1. The Morgan fingerprint density at radius 1 is 1.25 bits per heavy atom. The molecule has 5 heteroatoms. The molecule has 0 N–H and O–H groups in total. The summed E-state index contributed by atoms with van der Waals surface area (Å²) in [4.78, 5) is 4.72. The van der Waals surface area contributed by atoms with Crippen molar-refractivity contribution < 1.29 is 0 Å². The van der Waals surface area contributed by atoms with Crippen LogP contribution in [0.25, 0.3) is 11.0 Å². The Labute approximate surface area is 123 Å². The lowest BCUT2D eigenvalue weighted by Gasteiger charge is -2.10. The minimum Gasteiger partial charge on any atom is -0.322 e. The Bertz CT molecular complexity index is 741. The van der Waals surface area contributed by atoms with Crippen LogP contribution in [0.5, 0.6) is 0 Å². The van der Waals surface area contributed by atoms with Crippen LogP contribution in [0.4, 0.5) is 0 Å². The Kier molecular flexibility index (Phi) is 3.49. The number of fused-ring (bicyclic) bond motifs is 1. The number of hydrogen-bond donors (Lipinski definition) is 0. The Morgan fingerprint density at radius 2 is 2.10 bits per heavy atom. The van der Waals surface area contributed by atoms with E-state index in [4.69, 9.17) is 16.6 Å². The third-order valence-corrected chi connectivity index (χ3v) is 3.80. The average molecular weight is 289 g/mol. The van der Waals surface area contributed by atoms with E-state index in [1.807, 2.05) is 30.1 Å². The normalized spacial score (nSPS) is 11.3. The summed E-state index contributed by atoms with van der Waals surface area (Å²) >= 11 is 5.92. The van der Waals surface area contributed by atoms with Crippen molar-refractivity contribution >= 4 is 22.6 Å². The summed E-state index contributed by atoms with van der Waals surface area (Å²) in [5.41, 5.74) is 4.61. The van der Waals surface area contributed by atoms with Crippen molar-refractivity contribution in [3.63, 3.8) is 0 Å². The fourth-order valence-electron chi connectivity index (χ4n) is 2.58. The number of hydrogen-bond acceptors (Lipinski definition) is 2. The molecule has 20 heavy (non-hydrogen) atoms. The zero-order valence-electron chi connectivity index (χ0n) is 11.7. The van der Waals surface area contributed by atoms with Crippen LogP contribution in [0, 0.1) is 6.92 Å². The quantitative estimate of drug-likeness (QED) is 0.692. The first-order chi connectivity index (χ1) is 9.70. The van der Waals surface area contributed by atoms with E-state index in [2.05, 4.69) is 28.7 Å². The van der Waals surface area contributed by atoms with E-state index in [1.54, 1.807) is 0 Å². The molecule has 0 aliphatic carbocycles. The summed E-state index contributed by atoms with van der Waals surface area (Å²) in [6, 6.07) is 8.26. The van der Waals surface area contributed by atoms with E-state index in [0.717, 1.165) is 30.0 Å².